The minimum Gasteiger partial charge on any atom is -0.421 e. The third-order valence-electron chi connectivity index (χ3n) is 5.54. The number of ether oxygens (including phenoxy) is 1. The molecule has 33 heavy (non-hydrogen) atoms. The molecule has 0 aliphatic carbocycles. The Bertz CT molecular complexity index is 1490. The number of anilines is 1. The van der Waals surface area contributed by atoms with E-state index in [9.17, 15) is 0 Å². The molecule has 164 valence electrons. The van der Waals surface area contributed by atoms with E-state index < -0.39 is 5.82 Å². The van der Waals surface area contributed by atoms with Crippen LogP contribution >= 0.6 is 0 Å². The van der Waals surface area contributed by atoms with E-state index in [1.54, 1.807) is 18.3 Å². The van der Waals surface area contributed by atoms with Crippen LogP contribution in [0.5, 0.6) is 11.8 Å². The number of nitrogen functional groups attached to an aromatic ring is 1. The van der Waals surface area contributed by atoms with E-state index >= 15 is 4.39 Å². The number of aryl methyl sites for hydroxylation is 3. The van der Waals surface area contributed by atoms with Crippen LogP contribution in [0.3, 0.4) is 0 Å². The van der Waals surface area contributed by atoms with Crippen LogP contribution in [-0.4, -0.2) is 24.5 Å². The summed E-state index contributed by atoms with van der Waals surface area (Å²) in [6.45, 7) is 3.74. The van der Waals surface area contributed by atoms with Gasteiger partial charge in [-0.1, -0.05) is 18.2 Å². The average Bonchev–Trinajstić information content (AvgIpc) is 3.09. The van der Waals surface area contributed by atoms with E-state index in [0.717, 1.165) is 39.2 Å². The summed E-state index contributed by atoms with van der Waals surface area (Å²) >= 11 is 0. The highest BCUT2D eigenvalue weighted by molar-refractivity contribution is 6.04. The number of halogens is 1. The second-order valence-electron chi connectivity index (χ2n) is 7.79. The molecule has 0 radical (unpaired) electrons. The standard InChI is InChI=1S/C25H21FN6O/c1-14-10-11-28-25(31-14)33-20-9-6-17(12-19(20)26)22-21-15(2)29-13-30-24(21)32(3)23(22)16-4-7-18(27)8-5-16/h4-13H,27H2,1-3H3. The van der Waals surface area contributed by atoms with Crippen molar-refractivity contribution in [2.45, 2.75) is 13.8 Å². The molecule has 0 spiro atoms. The Morgan fingerprint density at radius 3 is 2.42 bits per heavy atom. The fourth-order valence-corrected chi connectivity index (χ4v) is 3.97. The van der Waals surface area contributed by atoms with Crippen molar-refractivity contribution in [2.24, 2.45) is 7.05 Å². The molecule has 5 aromatic rings. The maximum Gasteiger partial charge on any atom is 0.322 e. The molecule has 0 saturated heterocycles. The van der Waals surface area contributed by atoms with Gasteiger partial charge in [0.1, 0.15) is 12.0 Å². The fraction of sp³-hybridized carbons (Fsp3) is 0.120. The number of benzene rings is 2. The lowest BCUT2D eigenvalue weighted by Crippen LogP contribution is -1.96. The third-order valence-corrected chi connectivity index (χ3v) is 5.54. The zero-order valence-corrected chi connectivity index (χ0v) is 18.4. The summed E-state index contributed by atoms with van der Waals surface area (Å²) in [5.41, 5.74) is 12.2. The second-order valence-corrected chi connectivity index (χ2v) is 7.79. The van der Waals surface area contributed by atoms with Crippen LogP contribution in [0.4, 0.5) is 10.1 Å². The highest BCUT2D eigenvalue weighted by Crippen LogP contribution is 2.41. The van der Waals surface area contributed by atoms with Crippen molar-refractivity contribution in [1.82, 2.24) is 24.5 Å². The van der Waals surface area contributed by atoms with Crippen molar-refractivity contribution >= 4 is 16.7 Å². The summed E-state index contributed by atoms with van der Waals surface area (Å²) in [6, 6.07) is 14.3. The van der Waals surface area contributed by atoms with E-state index in [0.29, 0.717) is 11.3 Å². The van der Waals surface area contributed by atoms with Crippen molar-refractivity contribution in [1.29, 1.82) is 0 Å². The highest BCUT2D eigenvalue weighted by atomic mass is 19.1. The van der Waals surface area contributed by atoms with Crippen LogP contribution < -0.4 is 10.5 Å². The first kappa shape index (κ1) is 20.6. The zero-order chi connectivity index (χ0) is 23.1. The Morgan fingerprint density at radius 2 is 1.70 bits per heavy atom. The number of fused-ring (bicyclic) bond motifs is 1. The molecule has 0 bridgehead atoms. The quantitative estimate of drug-likeness (QED) is 0.385. The molecule has 0 fully saturated rings. The molecule has 7 nitrogen and oxygen atoms in total. The largest absolute Gasteiger partial charge is 0.421 e. The molecule has 0 amide bonds. The van der Waals surface area contributed by atoms with Gasteiger partial charge >= 0.3 is 6.01 Å². The normalized spacial score (nSPS) is 11.2. The zero-order valence-electron chi connectivity index (χ0n) is 18.4. The van der Waals surface area contributed by atoms with Crippen LogP contribution in [0.15, 0.2) is 61.1 Å². The van der Waals surface area contributed by atoms with Crippen LogP contribution in [0.2, 0.25) is 0 Å². The molecule has 0 atom stereocenters. The SMILES string of the molecule is Cc1ccnc(Oc2ccc(-c3c(-c4ccc(N)cc4)n(C)c4ncnc(C)c34)cc2F)n1. The van der Waals surface area contributed by atoms with Crippen molar-refractivity contribution in [3.63, 3.8) is 0 Å². The Hall–Kier alpha value is -4.33. The van der Waals surface area contributed by atoms with Crippen molar-refractivity contribution < 1.29 is 9.13 Å². The molecule has 3 heterocycles. The number of aromatic nitrogens is 5. The van der Waals surface area contributed by atoms with Gasteiger partial charge in [0.2, 0.25) is 0 Å². The van der Waals surface area contributed by atoms with Crippen molar-refractivity contribution in [2.75, 3.05) is 5.73 Å². The van der Waals surface area contributed by atoms with Gasteiger partial charge in [0, 0.05) is 35.6 Å². The van der Waals surface area contributed by atoms with E-state index in [2.05, 4.69) is 19.9 Å². The van der Waals surface area contributed by atoms with Crippen molar-refractivity contribution in [3.05, 3.63) is 78.3 Å². The van der Waals surface area contributed by atoms with Gasteiger partial charge in [-0.25, -0.2) is 24.3 Å². The summed E-state index contributed by atoms with van der Waals surface area (Å²) in [7, 11) is 1.94. The van der Waals surface area contributed by atoms with Gasteiger partial charge in [0.15, 0.2) is 11.6 Å². The van der Waals surface area contributed by atoms with Gasteiger partial charge < -0.3 is 15.0 Å². The summed E-state index contributed by atoms with van der Waals surface area (Å²) in [4.78, 5) is 17.1. The number of nitrogens with two attached hydrogens (primary N) is 1. The van der Waals surface area contributed by atoms with Crippen LogP contribution in [0, 0.1) is 19.7 Å². The van der Waals surface area contributed by atoms with Crippen LogP contribution in [0.25, 0.3) is 33.4 Å². The molecule has 0 aliphatic heterocycles. The smallest absolute Gasteiger partial charge is 0.322 e. The Kier molecular flexibility index (Phi) is 4.97. The van der Waals surface area contributed by atoms with Gasteiger partial charge in [-0.2, -0.15) is 0 Å². The summed E-state index contributed by atoms with van der Waals surface area (Å²) in [5.74, 6) is -0.473. The molecule has 2 aromatic carbocycles. The second kappa shape index (κ2) is 7.98. The monoisotopic (exact) mass is 440 g/mol. The molecule has 5 rings (SSSR count). The van der Waals surface area contributed by atoms with E-state index in [-0.39, 0.29) is 11.8 Å². The summed E-state index contributed by atoms with van der Waals surface area (Å²) in [6.07, 6.45) is 3.11. The number of hydrogen-bond donors (Lipinski definition) is 1. The molecule has 3 aromatic heterocycles. The van der Waals surface area contributed by atoms with Crippen LogP contribution in [-0.2, 0) is 7.05 Å². The first-order valence-corrected chi connectivity index (χ1v) is 10.4. The topological polar surface area (TPSA) is 91.7 Å². The predicted molar refractivity (Wildman–Crippen MR) is 125 cm³/mol. The Balaban J connectivity index is 1.69. The predicted octanol–water partition coefficient (Wildman–Crippen LogP) is 5.22. The molecular formula is C25H21FN6O. The Morgan fingerprint density at radius 1 is 0.939 bits per heavy atom. The molecule has 0 saturated carbocycles. The van der Waals surface area contributed by atoms with Crippen molar-refractivity contribution in [3.8, 4) is 34.1 Å². The van der Waals surface area contributed by atoms with Gasteiger partial charge in [0.25, 0.3) is 0 Å². The maximum atomic E-state index is 15.2. The number of hydrogen-bond acceptors (Lipinski definition) is 6. The minimum absolute atomic E-state index is 0.0478. The highest BCUT2D eigenvalue weighted by Gasteiger charge is 2.22. The van der Waals surface area contributed by atoms with E-state index in [1.165, 1.54) is 12.4 Å². The molecule has 0 aliphatic rings. The van der Waals surface area contributed by atoms with Gasteiger partial charge in [-0.15, -0.1) is 0 Å². The molecular weight excluding hydrogens is 419 g/mol. The lowest BCUT2D eigenvalue weighted by molar-refractivity contribution is 0.410. The third kappa shape index (κ3) is 3.65. The summed E-state index contributed by atoms with van der Waals surface area (Å²) in [5, 5.41) is 0.863. The first-order valence-electron chi connectivity index (χ1n) is 10.4. The lowest BCUT2D eigenvalue weighted by atomic mass is 9.97. The van der Waals surface area contributed by atoms with Gasteiger partial charge in [-0.3, -0.25) is 0 Å². The molecule has 2 N–H and O–H groups in total. The maximum absolute atomic E-state index is 15.2. The number of rotatable bonds is 4. The van der Waals surface area contributed by atoms with E-state index in [4.69, 9.17) is 10.5 Å². The van der Waals surface area contributed by atoms with E-state index in [1.807, 2.05) is 55.8 Å². The van der Waals surface area contributed by atoms with Gasteiger partial charge in [0.05, 0.1) is 11.4 Å². The molecule has 8 heteroatoms. The Labute approximate surface area is 189 Å². The summed E-state index contributed by atoms with van der Waals surface area (Å²) < 4.78 is 22.8. The minimum atomic E-state index is -0.521. The number of nitrogens with zero attached hydrogens (tertiary/aromatic N) is 5. The molecule has 0 unspecified atom stereocenters. The van der Waals surface area contributed by atoms with Gasteiger partial charge in [-0.05, 0) is 55.3 Å². The average molecular weight is 440 g/mol. The fourth-order valence-electron chi connectivity index (χ4n) is 3.97. The van der Waals surface area contributed by atoms with Crippen LogP contribution in [0.1, 0.15) is 11.4 Å². The lowest BCUT2D eigenvalue weighted by Gasteiger charge is -2.11. The first-order chi connectivity index (χ1) is 15.9.